The molecule has 1 atom stereocenters. The minimum absolute atomic E-state index is 0.216. The van der Waals surface area contributed by atoms with Gasteiger partial charge in [0.15, 0.2) is 11.6 Å². The lowest BCUT2D eigenvalue weighted by Gasteiger charge is -2.15. The molecule has 0 aliphatic heterocycles. The van der Waals surface area contributed by atoms with Gasteiger partial charge in [0.25, 0.3) is 5.95 Å². The van der Waals surface area contributed by atoms with E-state index in [2.05, 4.69) is 35.7 Å². The van der Waals surface area contributed by atoms with Crippen molar-refractivity contribution in [1.82, 2.24) is 35.0 Å². The summed E-state index contributed by atoms with van der Waals surface area (Å²) in [6.45, 7) is 1.63. The molecule has 3 rings (SSSR count). The van der Waals surface area contributed by atoms with Crippen LogP contribution in [-0.2, 0) is 6.18 Å². The quantitative estimate of drug-likeness (QED) is 0.681. The van der Waals surface area contributed by atoms with Crippen molar-refractivity contribution in [2.24, 2.45) is 0 Å². The first kappa shape index (κ1) is 19.5. The summed E-state index contributed by atoms with van der Waals surface area (Å²) >= 11 is 5.77. The van der Waals surface area contributed by atoms with Gasteiger partial charge in [-0.1, -0.05) is 11.6 Å². The number of amides is 2. The Balaban J connectivity index is 1.70. The first-order valence-corrected chi connectivity index (χ1v) is 8.11. The molecule has 0 aliphatic carbocycles. The monoisotopic (exact) mass is 412 g/mol. The summed E-state index contributed by atoms with van der Waals surface area (Å²) in [5.74, 6) is 0.386. The Morgan fingerprint density at radius 1 is 1.21 bits per heavy atom. The van der Waals surface area contributed by atoms with E-state index < -0.39 is 23.8 Å². The summed E-state index contributed by atoms with van der Waals surface area (Å²) in [4.78, 5) is 27.9. The highest BCUT2D eigenvalue weighted by atomic mass is 35.5. The topological polar surface area (TPSA) is 111 Å². The molecule has 13 heteroatoms. The number of aromatic nitrogens is 6. The molecule has 0 spiro atoms. The third kappa shape index (κ3) is 4.34. The van der Waals surface area contributed by atoms with Crippen molar-refractivity contribution in [2.45, 2.75) is 19.1 Å². The summed E-state index contributed by atoms with van der Waals surface area (Å²) in [7, 11) is 0. The number of carbonyl (C=O) groups is 1. The van der Waals surface area contributed by atoms with Gasteiger partial charge in [0.1, 0.15) is 6.33 Å². The highest BCUT2D eigenvalue weighted by molar-refractivity contribution is 6.33. The van der Waals surface area contributed by atoms with Crippen LogP contribution in [0.15, 0.2) is 37.1 Å². The minimum Gasteiger partial charge on any atom is -0.328 e. The molecule has 2 amide bonds. The number of nitrogens with zero attached hydrogens (tertiary/aromatic N) is 6. The third-order valence-electron chi connectivity index (χ3n) is 3.45. The average molecular weight is 413 g/mol. The Morgan fingerprint density at radius 2 is 1.93 bits per heavy atom. The van der Waals surface area contributed by atoms with Crippen molar-refractivity contribution < 1.29 is 18.0 Å². The number of alkyl halides is 3. The third-order valence-corrected chi connectivity index (χ3v) is 3.74. The maximum atomic E-state index is 12.6. The second kappa shape index (κ2) is 7.76. The molecule has 0 radical (unpaired) electrons. The van der Waals surface area contributed by atoms with Gasteiger partial charge < -0.3 is 5.32 Å². The predicted molar refractivity (Wildman–Crippen MR) is 91.8 cm³/mol. The van der Waals surface area contributed by atoms with Crippen molar-refractivity contribution in [1.29, 1.82) is 0 Å². The molecule has 0 aromatic carbocycles. The molecular formula is C15H12ClF3N8O. The van der Waals surface area contributed by atoms with Crippen molar-refractivity contribution in [3.8, 4) is 5.95 Å². The lowest BCUT2D eigenvalue weighted by molar-refractivity contribution is -0.137. The maximum Gasteiger partial charge on any atom is 0.417 e. The fraction of sp³-hybridized carbons (Fsp3) is 0.200. The molecule has 146 valence electrons. The summed E-state index contributed by atoms with van der Waals surface area (Å²) in [5, 5.41) is 8.52. The van der Waals surface area contributed by atoms with Crippen LogP contribution < -0.4 is 10.6 Å². The summed E-state index contributed by atoms with van der Waals surface area (Å²) in [5.41, 5.74) is -1.02. The molecule has 3 aromatic heterocycles. The van der Waals surface area contributed by atoms with Crippen LogP contribution in [0.2, 0.25) is 5.02 Å². The van der Waals surface area contributed by atoms with Gasteiger partial charge in [0, 0.05) is 18.6 Å². The largest absolute Gasteiger partial charge is 0.417 e. The Bertz CT molecular complexity index is 979. The average Bonchev–Trinajstić information content (AvgIpc) is 3.13. The van der Waals surface area contributed by atoms with Gasteiger partial charge >= 0.3 is 12.2 Å². The minimum atomic E-state index is -4.59. The number of carbonyl (C=O) groups excluding carboxylic acids is 1. The van der Waals surface area contributed by atoms with Crippen LogP contribution in [0.5, 0.6) is 0 Å². The Hall–Kier alpha value is -3.28. The van der Waals surface area contributed by atoms with E-state index in [1.807, 2.05) is 0 Å². The molecule has 0 fully saturated rings. The number of urea groups is 1. The van der Waals surface area contributed by atoms with Gasteiger partial charge in [-0.15, -0.1) is 0 Å². The number of pyridine rings is 1. The van der Waals surface area contributed by atoms with Crippen molar-refractivity contribution in [3.63, 3.8) is 0 Å². The van der Waals surface area contributed by atoms with Crippen molar-refractivity contribution in [3.05, 3.63) is 53.5 Å². The zero-order chi connectivity index (χ0) is 20.3. The number of hydrogen-bond donors (Lipinski definition) is 2. The Labute approximate surface area is 161 Å². The number of rotatable bonds is 4. The van der Waals surface area contributed by atoms with Crippen LogP contribution in [0.3, 0.4) is 0 Å². The van der Waals surface area contributed by atoms with E-state index in [0.29, 0.717) is 18.1 Å². The molecule has 3 heterocycles. The van der Waals surface area contributed by atoms with E-state index in [0.717, 1.165) is 0 Å². The SMILES string of the molecule is C[C@H](NC(=O)Nc1ncc(C(F)(F)F)cc1Cl)c1ncnn1-c1ncccn1. The molecule has 0 bridgehead atoms. The lowest BCUT2D eigenvalue weighted by atomic mass is 10.3. The molecular weight excluding hydrogens is 401 g/mol. The van der Waals surface area contributed by atoms with Gasteiger partial charge in [0.2, 0.25) is 0 Å². The predicted octanol–water partition coefficient (Wildman–Crippen LogP) is 3.01. The highest BCUT2D eigenvalue weighted by Crippen LogP contribution is 2.32. The van der Waals surface area contributed by atoms with Gasteiger partial charge in [0.05, 0.1) is 16.6 Å². The summed E-state index contributed by atoms with van der Waals surface area (Å²) in [6.07, 6.45) is 0.313. The lowest BCUT2D eigenvalue weighted by Crippen LogP contribution is -2.33. The molecule has 0 saturated heterocycles. The zero-order valence-corrected chi connectivity index (χ0v) is 14.9. The zero-order valence-electron chi connectivity index (χ0n) is 14.1. The number of hydrogen-bond acceptors (Lipinski definition) is 6. The van der Waals surface area contributed by atoms with Crippen LogP contribution in [0.4, 0.5) is 23.8 Å². The number of halogens is 4. The van der Waals surface area contributed by atoms with Crippen molar-refractivity contribution >= 4 is 23.4 Å². The fourth-order valence-corrected chi connectivity index (χ4v) is 2.40. The van der Waals surface area contributed by atoms with Crippen LogP contribution >= 0.6 is 11.6 Å². The molecule has 0 saturated carbocycles. The molecule has 0 unspecified atom stereocenters. The normalized spacial score (nSPS) is 12.5. The molecule has 9 nitrogen and oxygen atoms in total. The summed E-state index contributed by atoms with van der Waals surface area (Å²) < 4.78 is 39.3. The molecule has 2 N–H and O–H groups in total. The fourth-order valence-electron chi connectivity index (χ4n) is 2.19. The van der Waals surface area contributed by atoms with E-state index in [9.17, 15) is 18.0 Å². The second-order valence-electron chi connectivity index (χ2n) is 5.45. The first-order chi connectivity index (χ1) is 13.3. The van der Waals surface area contributed by atoms with E-state index in [1.54, 1.807) is 13.0 Å². The molecule has 0 aliphatic rings. The highest BCUT2D eigenvalue weighted by Gasteiger charge is 2.31. The molecule has 28 heavy (non-hydrogen) atoms. The maximum absolute atomic E-state index is 12.6. The van der Waals surface area contributed by atoms with Gasteiger partial charge in [-0.25, -0.2) is 24.7 Å². The van der Waals surface area contributed by atoms with Crippen LogP contribution in [0.1, 0.15) is 24.4 Å². The smallest absolute Gasteiger partial charge is 0.328 e. The number of anilines is 1. The second-order valence-corrected chi connectivity index (χ2v) is 5.86. The van der Waals surface area contributed by atoms with E-state index in [4.69, 9.17) is 11.6 Å². The molecule has 3 aromatic rings. The van der Waals surface area contributed by atoms with Crippen LogP contribution in [0, 0.1) is 0 Å². The van der Waals surface area contributed by atoms with Crippen molar-refractivity contribution in [2.75, 3.05) is 5.32 Å². The van der Waals surface area contributed by atoms with E-state index in [1.165, 1.54) is 23.4 Å². The Kier molecular flexibility index (Phi) is 5.40. The Morgan fingerprint density at radius 3 is 2.57 bits per heavy atom. The van der Waals surface area contributed by atoms with Gasteiger partial charge in [-0.05, 0) is 19.1 Å². The first-order valence-electron chi connectivity index (χ1n) is 7.73. The van der Waals surface area contributed by atoms with E-state index in [-0.39, 0.29) is 16.8 Å². The van der Waals surface area contributed by atoms with E-state index >= 15 is 0 Å². The van der Waals surface area contributed by atoms with Gasteiger partial charge in [-0.2, -0.15) is 23.0 Å². The van der Waals surface area contributed by atoms with Crippen LogP contribution in [0.25, 0.3) is 5.95 Å². The number of nitrogens with one attached hydrogen (secondary N) is 2. The van der Waals surface area contributed by atoms with Crippen LogP contribution in [-0.4, -0.2) is 35.7 Å². The standard InChI is InChI=1S/C15H12ClF3N8O/c1-8(12-23-7-24-27(12)13-20-3-2-4-21-13)25-14(28)26-11-10(16)5-9(6-22-11)15(17,18)19/h2-8H,1H3,(H2,22,25,26,28)/t8-/m0/s1. The summed E-state index contributed by atoms with van der Waals surface area (Å²) in [6, 6.07) is 0.928. The van der Waals surface area contributed by atoms with Gasteiger partial charge in [-0.3, -0.25) is 5.32 Å².